The molecule has 0 aliphatic carbocycles. The van der Waals surface area contributed by atoms with Crippen LogP contribution in [0.15, 0.2) is 58.5 Å². The predicted octanol–water partition coefficient (Wildman–Crippen LogP) is 4.58. The summed E-state index contributed by atoms with van der Waals surface area (Å²) in [5, 5.41) is 14.2. The molecule has 0 radical (unpaired) electrons. The van der Waals surface area contributed by atoms with Crippen LogP contribution < -0.4 is 0 Å². The number of phenolic OH excluding ortho intramolecular Hbond substituents is 1. The van der Waals surface area contributed by atoms with E-state index in [2.05, 4.69) is 0 Å². The summed E-state index contributed by atoms with van der Waals surface area (Å²) < 4.78 is 5.61. The summed E-state index contributed by atoms with van der Waals surface area (Å²) in [6, 6.07) is 12.7. The van der Waals surface area contributed by atoms with Crippen LogP contribution in [0.4, 0.5) is 0 Å². The number of hydrogen-bond acceptors (Lipinski definition) is 4. The van der Waals surface area contributed by atoms with Gasteiger partial charge in [-0.15, -0.1) is 11.3 Å². The number of rotatable bonds is 2. The summed E-state index contributed by atoms with van der Waals surface area (Å²) in [6.45, 7) is 0. The number of ketones is 1. The zero-order chi connectivity index (χ0) is 14.4. The van der Waals surface area contributed by atoms with E-state index in [1.54, 1.807) is 12.1 Å². The minimum Gasteiger partial charge on any atom is -0.507 e. The minimum atomic E-state index is -0.0848. The maximum atomic E-state index is 12.5. The van der Waals surface area contributed by atoms with E-state index in [-0.39, 0.29) is 11.5 Å². The van der Waals surface area contributed by atoms with Gasteiger partial charge in [0.25, 0.3) is 0 Å². The van der Waals surface area contributed by atoms with Crippen LogP contribution in [0.1, 0.15) is 15.2 Å². The monoisotopic (exact) mass is 294 g/mol. The minimum absolute atomic E-state index is 0.0848. The number of hydrogen-bond donors (Lipinski definition) is 1. The third kappa shape index (κ3) is 1.76. The number of phenols is 1. The van der Waals surface area contributed by atoms with Crippen LogP contribution in [0.25, 0.3) is 21.7 Å². The molecule has 2 aromatic heterocycles. The van der Waals surface area contributed by atoms with Crippen LogP contribution in [0, 0.1) is 0 Å². The summed E-state index contributed by atoms with van der Waals surface area (Å²) in [4.78, 5) is 13.2. The average molecular weight is 294 g/mol. The van der Waals surface area contributed by atoms with Gasteiger partial charge in [0.05, 0.1) is 10.4 Å². The molecular weight excluding hydrogens is 284 g/mol. The van der Waals surface area contributed by atoms with Crippen LogP contribution >= 0.6 is 11.3 Å². The van der Waals surface area contributed by atoms with Gasteiger partial charge in [-0.3, -0.25) is 4.79 Å². The van der Waals surface area contributed by atoms with Crippen molar-refractivity contribution in [2.75, 3.05) is 0 Å². The number of furan rings is 1. The van der Waals surface area contributed by atoms with E-state index in [1.807, 2.05) is 35.7 Å². The van der Waals surface area contributed by atoms with Gasteiger partial charge in [0, 0.05) is 16.2 Å². The molecule has 0 saturated carbocycles. The fourth-order valence-electron chi connectivity index (χ4n) is 2.55. The van der Waals surface area contributed by atoms with Gasteiger partial charge in [-0.25, -0.2) is 0 Å². The van der Waals surface area contributed by atoms with Gasteiger partial charge >= 0.3 is 0 Å². The summed E-state index contributed by atoms with van der Waals surface area (Å²) in [6.07, 6.45) is 1.47. The van der Waals surface area contributed by atoms with E-state index in [9.17, 15) is 9.90 Å². The molecule has 0 saturated heterocycles. The van der Waals surface area contributed by atoms with Crippen molar-refractivity contribution in [1.29, 1.82) is 0 Å². The van der Waals surface area contributed by atoms with Gasteiger partial charge in [-0.2, -0.15) is 0 Å². The lowest BCUT2D eigenvalue weighted by Gasteiger charge is -2.02. The van der Waals surface area contributed by atoms with E-state index in [4.69, 9.17) is 4.42 Å². The summed E-state index contributed by atoms with van der Waals surface area (Å²) in [5.41, 5.74) is 1.11. The lowest BCUT2D eigenvalue weighted by Crippen LogP contribution is -1.96. The van der Waals surface area contributed by atoms with Gasteiger partial charge in [-0.05, 0) is 17.5 Å². The molecule has 0 aliphatic rings. The topological polar surface area (TPSA) is 50.4 Å². The fraction of sp³-hybridized carbons (Fsp3) is 0. The third-order valence-corrected chi connectivity index (χ3v) is 4.42. The Kier molecular flexibility index (Phi) is 2.59. The first-order chi connectivity index (χ1) is 10.3. The molecule has 0 aliphatic heterocycles. The highest BCUT2D eigenvalue weighted by Gasteiger charge is 2.19. The molecule has 3 nitrogen and oxygen atoms in total. The van der Waals surface area contributed by atoms with Crippen molar-refractivity contribution in [3.8, 4) is 5.75 Å². The van der Waals surface area contributed by atoms with Gasteiger partial charge in [0.2, 0.25) is 5.78 Å². The normalized spacial score (nSPS) is 11.2. The number of fused-ring (bicyclic) bond motifs is 3. The highest BCUT2D eigenvalue weighted by atomic mass is 32.1. The summed E-state index contributed by atoms with van der Waals surface area (Å²) >= 11 is 1.39. The molecule has 21 heavy (non-hydrogen) atoms. The second kappa shape index (κ2) is 4.46. The predicted molar refractivity (Wildman–Crippen MR) is 83.1 cm³/mol. The van der Waals surface area contributed by atoms with Crippen molar-refractivity contribution in [1.82, 2.24) is 0 Å². The molecule has 4 heteroatoms. The van der Waals surface area contributed by atoms with Crippen molar-refractivity contribution in [2.45, 2.75) is 0 Å². The Bertz CT molecular complexity index is 964. The molecule has 0 amide bonds. The van der Waals surface area contributed by atoms with Crippen molar-refractivity contribution < 1.29 is 14.3 Å². The van der Waals surface area contributed by atoms with Crippen molar-refractivity contribution in [3.05, 3.63) is 64.5 Å². The molecule has 0 bridgehead atoms. The Morgan fingerprint density at radius 3 is 2.62 bits per heavy atom. The molecule has 0 atom stereocenters. The molecule has 2 heterocycles. The van der Waals surface area contributed by atoms with Gasteiger partial charge in [0.15, 0.2) is 0 Å². The summed E-state index contributed by atoms with van der Waals surface area (Å²) in [7, 11) is 0. The first-order valence-electron chi connectivity index (χ1n) is 6.46. The van der Waals surface area contributed by atoms with E-state index in [1.165, 1.54) is 17.6 Å². The molecule has 102 valence electrons. The highest BCUT2D eigenvalue weighted by Crippen LogP contribution is 2.36. The zero-order valence-corrected chi connectivity index (χ0v) is 11.7. The standard InChI is InChI=1S/C17H10O3S/c18-14-8-12-13(16(19)15-6-3-7-21-15)9-20-17(12)11-5-2-1-4-10(11)14/h1-9,18H. The molecule has 1 N–H and O–H groups in total. The second-order valence-corrected chi connectivity index (χ2v) is 5.72. The van der Waals surface area contributed by atoms with Crippen molar-refractivity contribution >= 4 is 38.9 Å². The summed E-state index contributed by atoms with van der Waals surface area (Å²) in [5.74, 6) is 0.0677. The second-order valence-electron chi connectivity index (χ2n) is 4.77. The van der Waals surface area contributed by atoms with E-state index in [0.717, 1.165) is 10.8 Å². The fourth-order valence-corrected chi connectivity index (χ4v) is 3.23. The number of thiophene rings is 1. The first kappa shape index (κ1) is 12.2. The van der Waals surface area contributed by atoms with E-state index >= 15 is 0 Å². The first-order valence-corrected chi connectivity index (χ1v) is 7.34. The number of carbonyl (C=O) groups excluding carboxylic acids is 1. The van der Waals surface area contributed by atoms with Crippen LogP contribution in [-0.4, -0.2) is 10.9 Å². The molecule has 4 aromatic rings. The highest BCUT2D eigenvalue weighted by molar-refractivity contribution is 7.12. The molecular formula is C17H10O3S. The molecule has 0 unspecified atom stereocenters. The Hall–Kier alpha value is -2.59. The van der Waals surface area contributed by atoms with E-state index in [0.29, 0.717) is 21.4 Å². The average Bonchev–Trinajstić information content (AvgIpc) is 3.16. The Morgan fingerprint density at radius 1 is 1.05 bits per heavy atom. The maximum absolute atomic E-state index is 12.5. The van der Waals surface area contributed by atoms with Gasteiger partial charge in [0.1, 0.15) is 17.6 Å². The SMILES string of the molecule is O=C(c1cccs1)c1coc2c1cc(O)c1ccccc12. The van der Waals surface area contributed by atoms with Gasteiger partial charge in [-0.1, -0.05) is 30.3 Å². The zero-order valence-electron chi connectivity index (χ0n) is 10.9. The van der Waals surface area contributed by atoms with Crippen LogP contribution in [0.5, 0.6) is 5.75 Å². The number of carbonyl (C=O) groups is 1. The quantitative estimate of drug-likeness (QED) is 0.550. The maximum Gasteiger partial charge on any atom is 0.206 e. The molecule has 0 fully saturated rings. The Labute approximate surface area is 124 Å². The van der Waals surface area contributed by atoms with Crippen LogP contribution in [0.2, 0.25) is 0 Å². The van der Waals surface area contributed by atoms with E-state index < -0.39 is 0 Å². The lowest BCUT2D eigenvalue weighted by atomic mass is 10.0. The Balaban J connectivity index is 2.03. The smallest absolute Gasteiger partial charge is 0.206 e. The van der Waals surface area contributed by atoms with Gasteiger partial charge < -0.3 is 9.52 Å². The largest absolute Gasteiger partial charge is 0.507 e. The molecule has 2 aromatic carbocycles. The van der Waals surface area contributed by atoms with Crippen molar-refractivity contribution in [2.24, 2.45) is 0 Å². The lowest BCUT2D eigenvalue weighted by molar-refractivity contribution is 0.104. The molecule has 0 spiro atoms. The van der Waals surface area contributed by atoms with Crippen molar-refractivity contribution in [3.63, 3.8) is 0 Å². The number of aromatic hydroxyl groups is 1. The molecule has 4 rings (SSSR count). The number of benzene rings is 2. The third-order valence-electron chi connectivity index (χ3n) is 3.55. The Morgan fingerprint density at radius 2 is 1.86 bits per heavy atom. The van der Waals surface area contributed by atoms with Crippen LogP contribution in [0.3, 0.4) is 0 Å². The van der Waals surface area contributed by atoms with Crippen LogP contribution in [-0.2, 0) is 0 Å².